The van der Waals surface area contributed by atoms with Crippen LogP contribution < -0.4 is 5.32 Å². The van der Waals surface area contributed by atoms with E-state index in [2.05, 4.69) is 21.2 Å². The first-order valence-electron chi connectivity index (χ1n) is 5.45. The summed E-state index contributed by atoms with van der Waals surface area (Å²) in [7, 11) is 1.58. The van der Waals surface area contributed by atoms with Crippen LogP contribution in [-0.4, -0.2) is 39.4 Å². The van der Waals surface area contributed by atoms with E-state index in [0.29, 0.717) is 30.8 Å². The van der Waals surface area contributed by atoms with Gasteiger partial charge in [-0.1, -0.05) is 6.07 Å². The molecular weight excluding hydrogens is 305 g/mol. The van der Waals surface area contributed by atoms with Gasteiger partial charge < -0.3 is 14.8 Å². The maximum absolute atomic E-state index is 13.4. The molecule has 18 heavy (non-hydrogen) atoms. The van der Waals surface area contributed by atoms with Crippen molar-refractivity contribution in [3.63, 3.8) is 0 Å². The predicted octanol–water partition coefficient (Wildman–Crippen LogP) is 1.98. The number of benzene rings is 1. The van der Waals surface area contributed by atoms with Gasteiger partial charge in [-0.25, -0.2) is 4.39 Å². The van der Waals surface area contributed by atoms with E-state index < -0.39 is 11.7 Å². The Kier molecular flexibility index (Phi) is 6.85. The molecule has 0 radical (unpaired) electrons. The van der Waals surface area contributed by atoms with Crippen molar-refractivity contribution in [2.24, 2.45) is 0 Å². The van der Waals surface area contributed by atoms with E-state index in [1.807, 2.05) is 0 Å². The third kappa shape index (κ3) is 4.72. The summed E-state index contributed by atoms with van der Waals surface area (Å²) in [6.07, 6.45) is 0. The maximum Gasteiger partial charge on any atom is 0.255 e. The van der Waals surface area contributed by atoms with Crippen LogP contribution in [0.25, 0.3) is 0 Å². The SMILES string of the molecule is COCCOCCNC(=O)c1c(F)cccc1Br. The summed E-state index contributed by atoms with van der Waals surface area (Å²) in [6.45, 7) is 1.66. The molecular formula is C12H15BrFNO3. The van der Waals surface area contributed by atoms with Gasteiger partial charge in [-0.3, -0.25) is 4.79 Å². The number of rotatable bonds is 7. The molecule has 1 amide bonds. The van der Waals surface area contributed by atoms with Gasteiger partial charge in [0.25, 0.3) is 5.91 Å². The molecule has 0 unspecified atom stereocenters. The molecule has 100 valence electrons. The number of hydrogen-bond donors (Lipinski definition) is 1. The van der Waals surface area contributed by atoms with Gasteiger partial charge in [-0.05, 0) is 28.1 Å². The van der Waals surface area contributed by atoms with Crippen LogP contribution in [0, 0.1) is 5.82 Å². The molecule has 1 aromatic rings. The summed E-state index contributed by atoms with van der Waals surface area (Å²) in [5, 5.41) is 2.58. The second kappa shape index (κ2) is 8.18. The van der Waals surface area contributed by atoms with Gasteiger partial charge >= 0.3 is 0 Å². The number of methoxy groups -OCH3 is 1. The Hall–Kier alpha value is -0.980. The summed E-state index contributed by atoms with van der Waals surface area (Å²) in [6, 6.07) is 4.39. The van der Waals surface area contributed by atoms with Crippen LogP contribution in [0.5, 0.6) is 0 Å². The number of halogens is 2. The highest BCUT2D eigenvalue weighted by Gasteiger charge is 2.14. The number of nitrogens with one attached hydrogen (secondary N) is 1. The van der Waals surface area contributed by atoms with Gasteiger partial charge in [0, 0.05) is 18.1 Å². The normalized spacial score (nSPS) is 10.4. The van der Waals surface area contributed by atoms with Crippen LogP contribution in [-0.2, 0) is 9.47 Å². The lowest BCUT2D eigenvalue weighted by atomic mass is 10.2. The van der Waals surface area contributed by atoms with Crippen molar-refractivity contribution in [3.05, 3.63) is 34.1 Å². The first-order chi connectivity index (χ1) is 8.66. The molecule has 0 saturated heterocycles. The van der Waals surface area contributed by atoms with Crippen molar-refractivity contribution in [1.82, 2.24) is 5.32 Å². The van der Waals surface area contributed by atoms with Crippen LogP contribution in [0.15, 0.2) is 22.7 Å². The maximum atomic E-state index is 13.4. The van der Waals surface area contributed by atoms with Gasteiger partial charge in [-0.2, -0.15) is 0 Å². The zero-order valence-corrected chi connectivity index (χ0v) is 11.6. The fourth-order valence-electron chi connectivity index (χ4n) is 1.28. The molecule has 0 spiro atoms. The fraction of sp³-hybridized carbons (Fsp3) is 0.417. The van der Waals surface area contributed by atoms with E-state index in [0.717, 1.165) is 0 Å². The quantitative estimate of drug-likeness (QED) is 0.782. The predicted molar refractivity (Wildman–Crippen MR) is 69.1 cm³/mol. The van der Waals surface area contributed by atoms with Crippen molar-refractivity contribution in [3.8, 4) is 0 Å². The lowest BCUT2D eigenvalue weighted by Crippen LogP contribution is -2.28. The summed E-state index contributed by atoms with van der Waals surface area (Å²) >= 11 is 3.14. The Morgan fingerprint density at radius 3 is 2.83 bits per heavy atom. The second-order valence-electron chi connectivity index (χ2n) is 3.46. The lowest BCUT2D eigenvalue weighted by Gasteiger charge is -2.08. The minimum Gasteiger partial charge on any atom is -0.382 e. The van der Waals surface area contributed by atoms with Crippen molar-refractivity contribution in [2.45, 2.75) is 0 Å². The molecule has 1 N–H and O–H groups in total. The molecule has 0 aliphatic carbocycles. The molecule has 0 atom stereocenters. The standard InChI is InChI=1S/C12H15BrFNO3/c1-17-7-8-18-6-5-15-12(16)11-9(13)3-2-4-10(11)14/h2-4H,5-8H2,1H3,(H,15,16). The summed E-state index contributed by atoms with van der Waals surface area (Å²) in [4.78, 5) is 11.7. The molecule has 0 aliphatic heterocycles. The minimum atomic E-state index is -0.554. The average molecular weight is 320 g/mol. The Morgan fingerprint density at radius 1 is 1.39 bits per heavy atom. The summed E-state index contributed by atoms with van der Waals surface area (Å²) in [5.41, 5.74) is 0.00870. The Bertz CT molecular complexity index is 381. The highest BCUT2D eigenvalue weighted by molar-refractivity contribution is 9.10. The molecule has 0 fully saturated rings. The van der Waals surface area contributed by atoms with Crippen LogP contribution in [0.2, 0.25) is 0 Å². The molecule has 0 saturated carbocycles. The van der Waals surface area contributed by atoms with E-state index in [-0.39, 0.29) is 5.56 Å². The van der Waals surface area contributed by atoms with Gasteiger partial charge in [-0.15, -0.1) is 0 Å². The highest BCUT2D eigenvalue weighted by Crippen LogP contribution is 2.19. The van der Waals surface area contributed by atoms with Gasteiger partial charge in [0.1, 0.15) is 5.82 Å². The van der Waals surface area contributed by atoms with Crippen molar-refractivity contribution in [2.75, 3.05) is 33.5 Å². The highest BCUT2D eigenvalue weighted by atomic mass is 79.9. The Balaban J connectivity index is 2.37. The van der Waals surface area contributed by atoms with Crippen LogP contribution in [0.4, 0.5) is 4.39 Å². The van der Waals surface area contributed by atoms with E-state index in [1.54, 1.807) is 13.2 Å². The monoisotopic (exact) mass is 319 g/mol. The third-order valence-corrected chi connectivity index (χ3v) is 2.81. The summed E-state index contributed by atoms with van der Waals surface area (Å²) in [5.74, 6) is -1.02. The van der Waals surface area contributed by atoms with Crippen LogP contribution in [0.3, 0.4) is 0 Å². The minimum absolute atomic E-state index is 0.00870. The Morgan fingerprint density at radius 2 is 2.17 bits per heavy atom. The smallest absolute Gasteiger partial charge is 0.255 e. The van der Waals surface area contributed by atoms with Gasteiger partial charge in [0.2, 0.25) is 0 Å². The zero-order valence-electron chi connectivity index (χ0n) is 10.0. The molecule has 0 bridgehead atoms. The van der Waals surface area contributed by atoms with Crippen LogP contribution >= 0.6 is 15.9 Å². The largest absolute Gasteiger partial charge is 0.382 e. The third-order valence-electron chi connectivity index (χ3n) is 2.15. The first kappa shape index (κ1) is 15.1. The zero-order chi connectivity index (χ0) is 13.4. The number of amides is 1. The number of ether oxygens (including phenoxy) is 2. The number of carbonyl (C=O) groups excluding carboxylic acids is 1. The molecule has 0 aliphatic rings. The van der Waals surface area contributed by atoms with E-state index >= 15 is 0 Å². The molecule has 0 aromatic heterocycles. The molecule has 6 heteroatoms. The molecule has 0 heterocycles. The number of hydrogen-bond acceptors (Lipinski definition) is 3. The topological polar surface area (TPSA) is 47.6 Å². The van der Waals surface area contributed by atoms with E-state index in [9.17, 15) is 9.18 Å². The fourth-order valence-corrected chi connectivity index (χ4v) is 1.81. The lowest BCUT2D eigenvalue weighted by molar-refractivity contribution is 0.0692. The number of carbonyl (C=O) groups is 1. The van der Waals surface area contributed by atoms with Gasteiger partial charge in [0.05, 0.1) is 25.4 Å². The van der Waals surface area contributed by atoms with E-state index in [4.69, 9.17) is 9.47 Å². The Labute approximate surface area is 114 Å². The van der Waals surface area contributed by atoms with Crippen molar-refractivity contribution < 1.29 is 18.7 Å². The van der Waals surface area contributed by atoms with Crippen LogP contribution in [0.1, 0.15) is 10.4 Å². The molecule has 1 rings (SSSR count). The average Bonchev–Trinajstić information content (AvgIpc) is 2.33. The summed E-state index contributed by atoms with van der Waals surface area (Å²) < 4.78 is 23.8. The second-order valence-corrected chi connectivity index (χ2v) is 4.31. The first-order valence-corrected chi connectivity index (χ1v) is 6.25. The van der Waals surface area contributed by atoms with Crippen molar-refractivity contribution in [1.29, 1.82) is 0 Å². The van der Waals surface area contributed by atoms with Gasteiger partial charge in [0.15, 0.2) is 0 Å². The molecule has 4 nitrogen and oxygen atoms in total. The van der Waals surface area contributed by atoms with E-state index in [1.165, 1.54) is 12.1 Å². The molecule has 1 aromatic carbocycles. The van der Waals surface area contributed by atoms with Crippen molar-refractivity contribution >= 4 is 21.8 Å².